The highest BCUT2D eigenvalue weighted by molar-refractivity contribution is 7.09. The molecule has 3 heterocycles. The summed E-state index contributed by atoms with van der Waals surface area (Å²) < 4.78 is 0. The monoisotopic (exact) mass is 316 g/mol. The minimum absolute atomic E-state index is 0.645. The van der Waals surface area contributed by atoms with Crippen LogP contribution in [0.1, 0.15) is 30.3 Å². The Morgan fingerprint density at radius 2 is 2.18 bits per heavy atom. The van der Waals surface area contributed by atoms with Gasteiger partial charge in [-0.2, -0.15) is 0 Å². The summed E-state index contributed by atoms with van der Waals surface area (Å²) in [5, 5.41) is 3.30. The number of piperidine rings is 1. The quantitative estimate of drug-likeness (QED) is 0.820. The van der Waals surface area contributed by atoms with E-state index < -0.39 is 0 Å². The van der Waals surface area contributed by atoms with Gasteiger partial charge in [-0.1, -0.05) is 6.92 Å². The van der Waals surface area contributed by atoms with Crippen LogP contribution in [0.25, 0.3) is 0 Å². The van der Waals surface area contributed by atoms with Crippen molar-refractivity contribution in [2.45, 2.75) is 38.9 Å². The lowest BCUT2D eigenvalue weighted by Crippen LogP contribution is -2.47. The molecule has 1 atom stereocenters. The van der Waals surface area contributed by atoms with Crippen molar-refractivity contribution in [2.75, 3.05) is 19.6 Å². The van der Waals surface area contributed by atoms with E-state index in [4.69, 9.17) is 0 Å². The number of hydrogen-bond acceptors (Lipinski definition) is 5. The molecule has 0 saturated carbocycles. The van der Waals surface area contributed by atoms with Crippen molar-refractivity contribution >= 4 is 11.3 Å². The fourth-order valence-electron chi connectivity index (χ4n) is 3.22. The molecule has 22 heavy (non-hydrogen) atoms. The molecule has 0 radical (unpaired) electrons. The zero-order valence-electron chi connectivity index (χ0n) is 13.2. The number of nitrogens with zero attached hydrogens (tertiary/aromatic N) is 4. The number of aromatic nitrogens is 2. The van der Waals surface area contributed by atoms with E-state index in [0.717, 1.165) is 26.2 Å². The van der Waals surface area contributed by atoms with Gasteiger partial charge in [0, 0.05) is 43.1 Å². The van der Waals surface area contributed by atoms with E-state index in [0.29, 0.717) is 6.04 Å². The van der Waals surface area contributed by atoms with Crippen molar-refractivity contribution in [1.82, 2.24) is 19.8 Å². The Morgan fingerprint density at radius 1 is 1.32 bits per heavy atom. The molecule has 1 saturated heterocycles. The first-order valence-electron chi connectivity index (χ1n) is 8.09. The molecule has 0 N–H and O–H groups in total. The average Bonchev–Trinajstić information content (AvgIpc) is 3.07. The lowest BCUT2D eigenvalue weighted by molar-refractivity contribution is 0.0917. The molecule has 2 aromatic heterocycles. The maximum absolute atomic E-state index is 4.42. The van der Waals surface area contributed by atoms with Crippen LogP contribution in [-0.4, -0.2) is 45.4 Å². The van der Waals surface area contributed by atoms with E-state index in [1.807, 2.05) is 18.6 Å². The van der Waals surface area contributed by atoms with Gasteiger partial charge in [0.05, 0.1) is 6.54 Å². The summed E-state index contributed by atoms with van der Waals surface area (Å²) in [7, 11) is 0. The molecule has 2 aromatic rings. The predicted octanol–water partition coefficient (Wildman–Crippen LogP) is 3.02. The highest BCUT2D eigenvalue weighted by Crippen LogP contribution is 2.20. The molecule has 1 aliphatic heterocycles. The molecule has 0 bridgehead atoms. The van der Waals surface area contributed by atoms with E-state index in [9.17, 15) is 0 Å². The van der Waals surface area contributed by atoms with Crippen molar-refractivity contribution in [3.63, 3.8) is 0 Å². The number of hydrogen-bond donors (Lipinski definition) is 0. The Labute approximate surface area is 136 Å². The van der Waals surface area contributed by atoms with Crippen LogP contribution >= 0.6 is 11.3 Å². The summed E-state index contributed by atoms with van der Waals surface area (Å²) in [6.45, 7) is 7.73. The molecule has 118 valence electrons. The van der Waals surface area contributed by atoms with Crippen molar-refractivity contribution in [2.24, 2.45) is 0 Å². The minimum Gasteiger partial charge on any atom is -0.295 e. The van der Waals surface area contributed by atoms with E-state index in [1.165, 1.54) is 30.0 Å². The summed E-state index contributed by atoms with van der Waals surface area (Å²) in [6.07, 6.45) is 8.26. The van der Waals surface area contributed by atoms with Crippen LogP contribution in [0.2, 0.25) is 0 Å². The fraction of sp³-hybridized carbons (Fsp3) is 0.529. The van der Waals surface area contributed by atoms with Gasteiger partial charge < -0.3 is 0 Å². The van der Waals surface area contributed by atoms with Crippen LogP contribution in [-0.2, 0) is 13.1 Å². The summed E-state index contributed by atoms with van der Waals surface area (Å²) in [6, 6.07) is 4.89. The zero-order chi connectivity index (χ0) is 15.2. The molecule has 5 heteroatoms. The molecular weight excluding hydrogens is 292 g/mol. The van der Waals surface area contributed by atoms with Gasteiger partial charge in [-0.15, -0.1) is 11.3 Å². The van der Waals surface area contributed by atoms with Crippen LogP contribution < -0.4 is 0 Å². The first-order chi connectivity index (χ1) is 10.8. The van der Waals surface area contributed by atoms with E-state index in [1.54, 1.807) is 11.3 Å². The van der Waals surface area contributed by atoms with Crippen molar-refractivity contribution in [3.8, 4) is 0 Å². The molecule has 1 unspecified atom stereocenters. The first-order valence-corrected chi connectivity index (χ1v) is 8.97. The standard InChI is InChI=1S/C17H24N4S/c1-2-21(12-15-5-7-18-8-6-15)16-4-3-10-20(13-16)14-17-19-9-11-22-17/h5-9,11,16H,2-4,10,12-14H2,1H3. The number of thiazole rings is 1. The topological polar surface area (TPSA) is 32.3 Å². The third-order valence-corrected chi connectivity index (χ3v) is 5.14. The molecule has 1 aliphatic rings. The van der Waals surface area contributed by atoms with Crippen molar-refractivity contribution in [1.29, 1.82) is 0 Å². The third-order valence-electron chi connectivity index (χ3n) is 4.38. The largest absolute Gasteiger partial charge is 0.295 e. The van der Waals surface area contributed by atoms with E-state index >= 15 is 0 Å². The predicted molar refractivity (Wildman–Crippen MR) is 90.7 cm³/mol. The lowest BCUT2D eigenvalue weighted by atomic mass is 10.0. The molecule has 1 fully saturated rings. The second-order valence-corrected chi connectivity index (χ2v) is 6.85. The van der Waals surface area contributed by atoms with E-state index in [2.05, 4.69) is 44.2 Å². The second kappa shape index (κ2) is 7.81. The molecular formula is C17H24N4S. The summed E-state index contributed by atoms with van der Waals surface area (Å²) >= 11 is 1.76. The Hall–Kier alpha value is -1.30. The Morgan fingerprint density at radius 3 is 2.91 bits per heavy atom. The zero-order valence-corrected chi connectivity index (χ0v) is 14.0. The van der Waals surface area contributed by atoms with Crippen LogP contribution in [0.3, 0.4) is 0 Å². The molecule has 4 nitrogen and oxygen atoms in total. The first kappa shape index (κ1) is 15.6. The highest BCUT2D eigenvalue weighted by atomic mass is 32.1. The van der Waals surface area contributed by atoms with Crippen LogP contribution in [0, 0.1) is 0 Å². The number of likely N-dealkylation sites (N-methyl/N-ethyl adjacent to an activating group) is 1. The van der Waals surface area contributed by atoms with Gasteiger partial charge in [0.2, 0.25) is 0 Å². The normalized spacial score (nSPS) is 19.6. The molecule has 3 rings (SSSR count). The van der Waals surface area contributed by atoms with Gasteiger partial charge in [-0.3, -0.25) is 14.8 Å². The van der Waals surface area contributed by atoms with Gasteiger partial charge >= 0.3 is 0 Å². The summed E-state index contributed by atoms with van der Waals surface area (Å²) in [4.78, 5) is 13.7. The van der Waals surface area contributed by atoms with Gasteiger partial charge in [0.1, 0.15) is 5.01 Å². The maximum Gasteiger partial charge on any atom is 0.107 e. The van der Waals surface area contributed by atoms with Crippen LogP contribution in [0.5, 0.6) is 0 Å². The number of likely N-dealkylation sites (tertiary alicyclic amines) is 1. The smallest absolute Gasteiger partial charge is 0.107 e. The van der Waals surface area contributed by atoms with Crippen molar-refractivity contribution < 1.29 is 0 Å². The number of rotatable bonds is 6. The van der Waals surface area contributed by atoms with Gasteiger partial charge in [-0.05, 0) is 43.6 Å². The minimum atomic E-state index is 0.645. The van der Waals surface area contributed by atoms with Crippen LogP contribution in [0.15, 0.2) is 36.1 Å². The van der Waals surface area contributed by atoms with Gasteiger partial charge in [0.25, 0.3) is 0 Å². The Bertz CT molecular complexity index is 543. The number of pyridine rings is 1. The lowest BCUT2D eigenvalue weighted by Gasteiger charge is -2.38. The maximum atomic E-state index is 4.42. The molecule has 0 aliphatic carbocycles. The Balaban J connectivity index is 1.59. The fourth-order valence-corrected chi connectivity index (χ4v) is 3.87. The van der Waals surface area contributed by atoms with Gasteiger partial charge in [-0.25, -0.2) is 4.98 Å². The summed E-state index contributed by atoms with van der Waals surface area (Å²) in [5.74, 6) is 0. The average molecular weight is 316 g/mol. The highest BCUT2D eigenvalue weighted by Gasteiger charge is 2.24. The molecule has 0 amide bonds. The van der Waals surface area contributed by atoms with Crippen molar-refractivity contribution in [3.05, 3.63) is 46.7 Å². The SMILES string of the molecule is CCN(Cc1ccncc1)C1CCCN(Cc2nccs2)C1. The molecule has 0 aromatic carbocycles. The molecule has 0 spiro atoms. The van der Waals surface area contributed by atoms with Crippen LogP contribution in [0.4, 0.5) is 0 Å². The Kier molecular flexibility index (Phi) is 5.53. The van der Waals surface area contributed by atoms with Gasteiger partial charge in [0.15, 0.2) is 0 Å². The second-order valence-electron chi connectivity index (χ2n) is 5.88. The van der Waals surface area contributed by atoms with E-state index in [-0.39, 0.29) is 0 Å². The third kappa shape index (κ3) is 4.12. The summed E-state index contributed by atoms with van der Waals surface area (Å²) in [5.41, 5.74) is 1.36.